The summed E-state index contributed by atoms with van der Waals surface area (Å²) in [5.41, 5.74) is -0.445. The Morgan fingerprint density at radius 1 is 0.920 bits per heavy atom. The van der Waals surface area contributed by atoms with Crippen molar-refractivity contribution in [2.45, 2.75) is 26.2 Å². The molecule has 0 heterocycles. The van der Waals surface area contributed by atoms with E-state index in [0.29, 0.717) is 12.8 Å². The van der Waals surface area contributed by atoms with Crippen LogP contribution in [-0.2, 0) is 11.2 Å². The molecule has 0 amide bonds. The van der Waals surface area contributed by atoms with Gasteiger partial charge in [0.15, 0.2) is 11.6 Å². The number of rotatable bonds is 4. The van der Waals surface area contributed by atoms with Crippen molar-refractivity contribution >= 4 is 17.3 Å². The minimum Gasteiger partial charge on any atom is -0.508 e. The smallest absolute Gasteiger partial charge is 0.198 e. The van der Waals surface area contributed by atoms with Crippen LogP contribution in [0.1, 0.15) is 57.2 Å². The Kier molecular flexibility index (Phi) is 4.04. The van der Waals surface area contributed by atoms with Crippen LogP contribution >= 0.6 is 0 Å². The monoisotopic (exact) mass is 340 g/mol. The number of aromatic hydroxyl groups is 3. The summed E-state index contributed by atoms with van der Waals surface area (Å²) in [6.45, 7) is 1.85. The van der Waals surface area contributed by atoms with Gasteiger partial charge in [-0.2, -0.15) is 0 Å². The van der Waals surface area contributed by atoms with Crippen LogP contribution in [0.2, 0.25) is 0 Å². The summed E-state index contributed by atoms with van der Waals surface area (Å²) < 4.78 is 0. The van der Waals surface area contributed by atoms with Gasteiger partial charge < -0.3 is 15.3 Å². The molecule has 6 nitrogen and oxygen atoms in total. The highest BCUT2D eigenvalue weighted by Crippen LogP contribution is 2.39. The van der Waals surface area contributed by atoms with Gasteiger partial charge in [0.25, 0.3) is 0 Å². The molecule has 1 aliphatic rings. The van der Waals surface area contributed by atoms with Crippen molar-refractivity contribution in [3.8, 4) is 17.2 Å². The molecule has 0 saturated carbocycles. The van der Waals surface area contributed by atoms with Gasteiger partial charge in [-0.1, -0.05) is 6.92 Å². The molecule has 0 radical (unpaired) electrons. The third kappa shape index (κ3) is 2.65. The molecular formula is C19H16O6. The SMILES string of the molecule is CCCC(=O)Cc1cc(O)cc2c1C(=O)c1c(O)ccc(O)c1C2=O. The van der Waals surface area contributed by atoms with E-state index in [2.05, 4.69) is 0 Å². The van der Waals surface area contributed by atoms with Crippen LogP contribution in [0.3, 0.4) is 0 Å². The number of Topliss-reactive ketones (excluding diaryl/α,β-unsaturated/α-hetero) is 1. The first kappa shape index (κ1) is 16.7. The average molecular weight is 340 g/mol. The summed E-state index contributed by atoms with van der Waals surface area (Å²) in [5, 5.41) is 29.9. The summed E-state index contributed by atoms with van der Waals surface area (Å²) in [5.74, 6) is -2.56. The standard InChI is InChI=1S/C19H16O6/c1-2-3-10(20)6-9-7-11(21)8-12-15(9)19(25)17-14(23)5-4-13(22)16(17)18(12)24/h4-5,7-8,21-23H,2-3,6H2,1H3. The number of phenols is 3. The maximum Gasteiger partial charge on any atom is 0.198 e. The molecule has 3 rings (SSSR count). The summed E-state index contributed by atoms with van der Waals surface area (Å²) in [4.78, 5) is 37.6. The van der Waals surface area contributed by atoms with Crippen LogP contribution in [0.25, 0.3) is 0 Å². The average Bonchev–Trinajstić information content (AvgIpc) is 2.54. The van der Waals surface area contributed by atoms with Gasteiger partial charge >= 0.3 is 0 Å². The van der Waals surface area contributed by atoms with Crippen molar-refractivity contribution in [3.05, 3.63) is 52.1 Å². The molecule has 0 saturated heterocycles. The minimum absolute atomic E-state index is 0.0133. The molecule has 2 aromatic carbocycles. The van der Waals surface area contributed by atoms with Gasteiger partial charge in [0.2, 0.25) is 0 Å². The molecule has 3 N–H and O–H groups in total. The second-order valence-electron chi connectivity index (χ2n) is 6.00. The molecule has 0 unspecified atom stereocenters. The van der Waals surface area contributed by atoms with Gasteiger partial charge in [-0.15, -0.1) is 0 Å². The number of hydrogen-bond acceptors (Lipinski definition) is 6. The van der Waals surface area contributed by atoms with Crippen molar-refractivity contribution in [1.29, 1.82) is 0 Å². The number of benzene rings is 2. The van der Waals surface area contributed by atoms with E-state index in [9.17, 15) is 29.7 Å². The van der Waals surface area contributed by atoms with E-state index in [4.69, 9.17) is 0 Å². The zero-order valence-electron chi connectivity index (χ0n) is 13.5. The fourth-order valence-corrected chi connectivity index (χ4v) is 3.15. The van der Waals surface area contributed by atoms with Crippen LogP contribution in [0.4, 0.5) is 0 Å². The fourth-order valence-electron chi connectivity index (χ4n) is 3.15. The molecule has 0 bridgehead atoms. The van der Waals surface area contributed by atoms with Crippen molar-refractivity contribution in [2.24, 2.45) is 0 Å². The molecule has 0 aliphatic heterocycles. The third-order valence-corrected chi connectivity index (χ3v) is 4.21. The largest absolute Gasteiger partial charge is 0.508 e. The van der Waals surface area contributed by atoms with E-state index in [1.54, 1.807) is 0 Å². The first-order chi connectivity index (χ1) is 11.8. The molecule has 128 valence electrons. The van der Waals surface area contributed by atoms with Crippen molar-refractivity contribution in [2.75, 3.05) is 0 Å². The molecule has 6 heteroatoms. The number of hydrogen-bond donors (Lipinski definition) is 3. The maximum absolute atomic E-state index is 12.9. The lowest BCUT2D eigenvalue weighted by molar-refractivity contribution is -0.118. The van der Waals surface area contributed by atoms with Gasteiger partial charge in [-0.3, -0.25) is 14.4 Å². The Morgan fingerprint density at radius 3 is 2.12 bits per heavy atom. The predicted octanol–water partition coefficient (Wildman–Crippen LogP) is 2.49. The number of ketones is 3. The molecule has 0 aromatic heterocycles. The first-order valence-electron chi connectivity index (χ1n) is 7.87. The van der Waals surface area contributed by atoms with Crippen LogP contribution < -0.4 is 0 Å². The number of phenolic OH excluding ortho intramolecular Hbond substituents is 3. The fraction of sp³-hybridized carbons (Fsp3) is 0.211. The number of carbonyl (C=O) groups is 3. The van der Waals surface area contributed by atoms with E-state index in [1.165, 1.54) is 6.07 Å². The second-order valence-corrected chi connectivity index (χ2v) is 6.00. The Morgan fingerprint density at radius 2 is 1.52 bits per heavy atom. The van der Waals surface area contributed by atoms with Gasteiger partial charge in [0, 0.05) is 24.0 Å². The molecule has 25 heavy (non-hydrogen) atoms. The third-order valence-electron chi connectivity index (χ3n) is 4.21. The van der Waals surface area contributed by atoms with E-state index >= 15 is 0 Å². The van der Waals surface area contributed by atoms with E-state index < -0.39 is 23.1 Å². The lowest BCUT2D eigenvalue weighted by Crippen LogP contribution is -2.23. The van der Waals surface area contributed by atoms with E-state index in [0.717, 1.165) is 18.2 Å². The normalized spacial score (nSPS) is 12.7. The van der Waals surface area contributed by atoms with Crippen molar-refractivity contribution < 1.29 is 29.7 Å². The predicted molar refractivity (Wildman–Crippen MR) is 88.4 cm³/mol. The molecule has 1 aliphatic carbocycles. The van der Waals surface area contributed by atoms with Crippen LogP contribution in [-0.4, -0.2) is 32.7 Å². The lowest BCUT2D eigenvalue weighted by atomic mass is 9.80. The molecule has 2 aromatic rings. The minimum atomic E-state index is -0.682. The van der Waals surface area contributed by atoms with Crippen LogP contribution in [0.5, 0.6) is 17.2 Å². The van der Waals surface area contributed by atoms with Crippen LogP contribution in [0.15, 0.2) is 24.3 Å². The van der Waals surface area contributed by atoms with Gasteiger partial charge in [0.1, 0.15) is 23.0 Å². The Labute approximate surface area is 143 Å². The highest BCUT2D eigenvalue weighted by molar-refractivity contribution is 6.31. The Hall–Kier alpha value is -3.15. The summed E-state index contributed by atoms with van der Waals surface area (Å²) in [6.07, 6.45) is 0.859. The Bertz CT molecular complexity index is 926. The molecule has 0 spiro atoms. The summed E-state index contributed by atoms with van der Waals surface area (Å²) in [6, 6.07) is 4.67. The quantitative estimate of drug-likeness (QED) is 0.629. The molecule has 0 fully saturated rings. The zero-order valence-corrected chi connectivity index (χ0v) is 13.5. The highest BCUT2D eigenvalue weighted by atomic mass is 16.3. The second kappa shape index (κ2) is 6.05. The Balaban J connectivity index is 2.23. The van der Waals surface area contributed by atoms with Gasteiger partial charge in [-0.05, 0) is 36.2 Å². The van der Waals surface area contributed by atoms with Gasteiger partial charge in [-0.25, -0.2) is 0 Å². The van der Waals surface area contributed by atoms with E-state index in [-0.39, 0.29) is 45.8 Å². The molecule has 0 atom stereocenters. The zero-order chi connectivity index (χ0) is 18.3. The number of fused-ring (bicyclic) bond motifs is 2. The highest BCUT2D eigenvalue weighted by Gasteiger charge is 2.36. The lowest BCUT2D eigenvalue weighted by Gasteiger charge is -2.21. The maximum atomic E-state index is 12.9. The molecular weight excluding hydrogens is 324 g/mol. The number of carbonyl (C=O) groups excluding carboxylic acids is 3. The van der Waals surface area contributed by atoms with Crippen molar-refractivity contribution in [3.63, 3.8) is 0 Å². The van der Waals surface area contributed by atoms with E-state index in [1.807, 2.05) is 6.92 Å². The van der Waals surface area contributed by atoms with Crippen LogP contribution in [0, 0.1) is 0 Å². The summed E-state index contributed by atoms with van der Waals surface area (Å²) in [7, 11) is 0. The first-order valence-corrected chi connectivity index (χ1v) is 7.87. The summed E-state index contributed by atoms with van der Waals surface area (Å²) >= 11 is 0. The van der Waals surface area contributed by atoms with Crippen molar-refractivity contribution in [1.82, 2.24) is 0 Å². The van der Waals surface area contributed by atoms with Gasteiger partial charge in [0.05, 0.1) is 11.1 Å². The topological polar surface area (TPSA) is 112 Å².